The Bertz CT molecular complexity index is 590. The topological polar surface area (TPSA) is 61.6 Å². The second-order valence-corrected chi connectivity index (χ2v) is 5.78. The Labute approximate surface area is 110 Å². The van der Waals surface area contributed by atoms with E-state index in [2.05, 4.69) is 42.1 Å². The minimum Gasteiger partial charge on any atom is -0.329 e. The molecule has 0 radical (unpaired) electrons. The number of nitrogens with one attached hydrogen (secondary N) is 1. The second kappa shape index (κ2) is 4.75. The standard InChI is InChI=1S/C13H14N4S/c1-13(2,3)11-8-18-12(17-11)16-9-5-4-6-15-10(9)7-14/h4-6,8H,1-3H3,(H,16,17). The average Bonchev–Trinajstić information content (AvgIpc) is 2.78. The van der Waals surface area contributed by atoms with E-state index in [0.717, 1.165) is 10.8 Å². The van der Waals surface area contributed by atoms with Crippen LogP contribution in [0.25, 0.3) is 0 Å². The first kappa shape index (κ1) is 12.5. The van der Waals surface area contributed by atoms with Crippen LogP contribution in [0.15, 0.2) is 23.7 Å². The van der Waals surface area contributed by atoms with Gasteiger partial charge in [0.25, 0.3) is 0 Å². The molecular formula is C13H14N4S. The van der Waals surface area contributed by atoms with Gasteiger partial charge in [-0.1, -0.05) is 20.8 Å². The number of pyridine rings is 1. The molecule has 0 aliphatic rings. The average molecular weight is 258 g/mol. The third-order valence-electron chi connectivity index (χ3n) is 2.43. The minimum absolute atomic E-state index is 0.0312. The Kier molecular flexibility index (Phi) is 3.30. The molecule has 0 saturated heterocycles. The zero-order chi connectivity index (χ0) is 13.2. The summed E-state index contributed by atoms with van der Waals surface area (Å²) >= 11 is 1.53. The Morgan fingerprint density at radius 3 is 2.78 bits per heavy atom. The highest BCUT2D eigenvalue weighted by Gasteiger charge is 2.17. The van der Waals surface area contributed by atoms with Crippen LogP contribution in [0.4, 0.5) is 10.8 Å². The predicted octanol–water partition coefficient (Wildman–Crippen LogP) is 3.45. The van der Waals surface area contributed by atoms with Crippen LogP contribution in [0.1, 0.15) is 32.2 Å². The van der Waals surface area contributed by atoms with Gasteiger partial charge in [0.05, 0.1) is 11.4 Å². The van der Waals surface area contributed by atoms with Gasteiger partial charge >= 0.3 is 0 Å². The van der Waals surface area contributed by atoms with Crippen LogP contribution in [0.2, 0.25) is 0 Å². The summed E-state index contributed by atoms with van der Waals surface area (Å²) < 4.78 is 0. The van der Waals surface area contributed by atoms with Crippen LogP contribution in [0.3, 0.4) is 0 Å². The third kappa shape index (κ3) is 2.66. The number of hydrogen-bond donors (Lipinski definition) is 1. The van der Waals surface area contributed by atoms with Crippen molar-refractivity contribution in [2.24, 2.45) is 0 Å². The molecule has 0 unspecified atom stereocenters. The van der Waals surface area contributed by atoms with Crippen molar-refractivity contribution in [1.82, 2.24) is 9.97 Å². The first-order valence-electron chi connectivity index (χ1n) is 5.59. The molecular weight excluding hydrogens is 244 g/mol. The lowest BCUT2D eigenvalue weighted by Gasteiger charge is -2.14. The lowest BCUT2D eigenvalue weighted by molar-refractivity contribution is 0.573. The van der Waals surface area contributed by atoms with Gasteiger partial charge in [0.15, 0.2) is 10.8 Å². The van der Waals surface area contributed by atoms with E-state index in [9.17, 15) is 0 Å². The van der Waals surface area contributed by atoms with Crippen molar-refractivity contribution in [3.05, 3.63) is 35.1 Å². The predicted molar refractivity (Wildman–Crippen MR) is 73.0 cm³/mol. The van der Waals surface area contributed by atoms with E-state index in [1.165, 1.54) is 11.3 Å². The zero-order valence-electron chi connectivity index (χ0n) is 10.6. The van der Waals surface area contributed by atoms with E-state index in [0.29, 0.717) is 11.4 Å². The van der Waals surface area contributed by atoms with Gasteiger partial charge in [-0.15, -0.1) is 11.3 Å². The number of rotatable bonds is 2. The fraction of sp³-hybridized carbons (Fsp3) is 0.308. The van der Waals surface area contributed by atoms with Gasteiger partial charge in [0, 0.05) is 17.0 Å². The van der Waals surface area contributed by atoms with Gasteiger partial charge in [0.2, 0.25) is 0 Å². The van der Waals surface area contributed by atoms with Gasteiger partial charge in [0.1, 0.15) is 6.07 Å². The summed E-state index contributed by atoms with van der Waals surface area (Å²) in [5.74, 6) is 0. The molecule has 2 aromatic heterocycles. The molecule has 5 heteroatoms. The number of anilines is 2. The van der Waals surface area contributed by atoms with Gasteiger partial charge in [-0.05, 0) is 12.1 Å². The first-order chi connectivity index (χ1) is 8.50. The van der Waals surface area contributed by atoms with Crippen molar-refractivity contribution in [2.75, 3.05) is 5.32 Å². The molecule has 0 saturated carbocycles. The Morgan fingerprint density at radius 1 is 1.39 bits per heavy atom. The summed E-state index contributed by atoms with van der Waals surface area (Å²) in [5.41, 5.74) is 2.14. The monoisotopic (exact) mass is 258 g/mol. The van der Waals surface area contributed by atoms with E-state index in [-0.39, 0.29) is 5.41 Å². The maximum atomic E-state index is 8.96. The Morgan fingerprint density at radius 2 is 2.17 bits per heavy atom. The molecule has 0 bridgehead atoms. The van der Waals surface area contributed by atoms with Crippen molar-refractivity contribution in [3.8, 4) is 6.07 Å². The van der Waals surface area contributed by atoms with Gasteiger partial charge in [-0.25, -0.2) is 9.97 Å². The molecule has 0 aliphatic carbocycles. The maximum Gasteiger partial charge on any atom is 0.187 e. The fourth-order valence-electron chi connectivity index (χ4n) is 1.39. The van der Waals surface area contributed by atoms with E-state index in [1.807, 2.05) is 11.4 Å². The summed E-state index contributed by atoms with van der Waals surface area (Å²) in [6.07, 6.45) is 1.60. The molecule has 0 spiro atoms. The molecule has 0 aliphatic heterocycles. The lowest BCUT2D eigenvalue weighted by Crippen LogP contribution is -2.11. The summed E-state index contributed by atoms with van der Waals surface area (Å²) in [6, 6.07) is 5.67. The van der Waals surface area contributed by atoms with Crippen LogP contribution < -0.4 is 5.32 Å². The highest BCUT2D eigenvalue weighted by atomic mass is 32.1. The molecule has 18 heavy (non-hydrogen) atoms. The molecule has 1 N–H and O–H groups in total. The number of aromatic nitrogens is 2. The Hall–Kier alpha value is -1.93. The van der Waals surface area contributed by atoms with Crippen molar-refractivity contribution in [3.63, 3.8) is 0 Å². The second-order valence-electron chi connectivity index (χ2n) is 4.92. The summed E-state index contributed by atoms with van der Waals surface area (Å²) in [7, 11) is 0. The number of nitrogens with zero attached hydrogens (tertiary/aromatic N) is 3. The normalized spacial score (nSPS) is 11.0. The highest BCUT2D eigenvalue weighted by Crippen LogP contribution is 2.28. The van der Waals surface area contributed by atoms with Crippen LogP contribution in [-0.2, 0) is 5.41 Å². The largest absolute Gasteiger partial charge is 0.329 e. The molecule has 4 nitrogen and oxygen atoms in total. The van der Waals surface area contributed by atoms with Crippen molar-refractivity contribution in [2.45, 2.75) is 26.2 Å². The number of hydrogen-bond acceptors (Lipinski definition) is 5. The quantitative estimate of drug-likeness (QED) is 0.896. The number of thiazole rings is 1. The van der Waals surface area contributed by atoms with Gasteiger partial charge < -0.3 is 5.32 Å². The molecule has 92 valence electrons. The van der Waals surface area contributed by atoms with Crippen molar-refractivity contribution in [1.29, 1.82) is 5.26 Å². The molecule has 2 rings (SSSR count). The van der Waals surface area contributed by atoms with Crippen LogP contribution in [0, 0.1) is 11.3 Å². The molecule has 0 aromatic carbocycles. The van der Waals surface area contributed by atoms with Crippen LogP contribution >= 0.6 is 11.3 Å². The molecule has 2 aromatic rings. The zero-order valence-corrected chi connectivity index (χ0v) is 11.4. The molecule has 0 amide bonds. The highest BCUT2D eigenvalue weighted by molar-refractivity contribution is 7.13. The molecule has 0 atom stereocenters. The van der Waals surface area contributed by atoms with Crippen molar-refractivity contribution < 1.29 is 0 Å². The molecule has 0 fully saturated rings. The Balaban J connectivity index is 2.25. The van der Waals surface area contributed by atoms with Crippen molar-refractivity contribution >= 4 is 22.2 Å². The van der Waals surface area contributed by atoms with Crippen LogP contribution in [0.5, 0.6) is 0 Å². The van der Waals surface area contributed by atoms with E-state index < -0.39 is 0 Å². The van der Waals surface area contributed by atoms with E-state index >= 15 is 0 Å². The lowest BCUT2D eigenvalue weighted by atomic mass is 9.93. The van der Waals surface area contributed by atoms with Gasteiger partial charge in [-0.3, -0.25) is 0 Å². The minimum atomic E-state index is 0.0312. The van der Waals surface area contributed by atoms with Gasteiger partial charge in [-0.2, -0.15) is 5.26 Å². The van der Waals surface area contributed by atoms with Crippen LogP contribution in [-0.4, -0.2) is 9.97 Å². The summed E-state index contributed by atoms with van der Waals surface area (Å²) in [6.45, 7) is 6.36. The number of nitriles is 1. The molecule has 2 heterocycles. The third-order valence-corrected chi connectivity index (χ3v) is 3.19. The van der Waals surface area contributed by atoms with E-state index in [4.69, 9.17) is 5.26 Å². The first-order valence-corrected chi connectivity index (χ1v) is 6.47. The fourth-order valence-corrected chi connectivity index (χ4v) is 2.34. The van der Waals surface area contributed by atoms with E-state index in [1.54, 1.807) is 12.3 Å². The smallest absolute Gasteiger partial charge is 0.187 e. The maximum absolute atomic E-state index is 8.96. The summed E-state index contributed by atoms with van der Waals surface area (Å²) in [5, 5.41) is 14.9. The SMILES string of the molecule is CC(C)(C)c1csc(Nc2cccnc2C#N)n1. The summed E-state index contributed by atoms with van der Waals surface area (Å²) in [4.78, 5) is 8.52.